The Bertz CT molecular complexity index is 934. The lowest BCUT2D eigenvalue weighted by molar-refractivity contribution is 0.607. The minimum absolute atomic E-state index is 0.305. The van der Waals surface area contributed by atoms with Gasteiger partial charge in [0.1, 0.15) is 5.82 Å². The van der Waals surface area contributed by atoms with Crippen LogP contribution in [0, 0.1) is 5.82 Å². The van der Waals surface area contributed by atoms with Gasteiger partial charge in [0.2, 0.25) is 10.0 Å². The molecule has 0 aliphatic heterocycles. The van der Waals surface area contributed by atoms with Crippen LogP contribution in [-0.4, -0.2) is 24.5 Å². The Morgan fingerprint density at radius 2 is 1.83 bits per heavy atom. The van der Waals surface area contributed by atoms with Crippen LogP contribution in [0.5, 0.6) is 0 Å². The van der Waals surface area contributed by atoms with Gasteiger partial charge in [-0.1, -0.05) is 12.1 Å². The summed E-state index contributed by atoms with van der Waals surface area (Å²) in [6.45, 7) is 0. The summed E-state index contributed by atoms with van der Waals surface area (Å²) in [6.07, 6.45) is 4.57. The SMILES string of the molecule is CS(=O)(=O)Nc1cccc(-c2cnn(-c3ccc(F)cc3)c2)c1. The predicted octanol–water partition coefficient (Wildman–Crippen LogP) is 3.05. The van der Waals surface area contributed by atoms with E-state index in [-0.39, 0.29) is 5.82 Å². The zero-order valence-corrected chi connectivity index (χ0v) is 13.1. The normalized spacial score (nSPS) is 11.4. The molecule has 0 fully saturated rings. The van der Waals surface area contributed by atoms with Gasteiger partial charge in [0.05, 0.1) is 18.1 Å². The third-order valence-electron chi connectivity index (χ3n) is 3.17. The van der Waals surface area contributed by atoms with Gasteiger partial charge < -0.3 is 0 Å². The third kappa shape index (κ3) is 3.75. The molecule has 0 unspecified atom stereocenters. The number of nitrogens with zero attached hydrogens (tertiary/aromatic N) is 2. The fourth-order valence-electron chi connectivity index (χ4n) is 2.18. The second kappa shape index (κ2) is 5.85. The highest BCUT2D eigenvalue weighted by molar-refractivity contribution is 7.92. The van der Waals surface area contributed by atoms with Crippen molar-refractivity contribution in [3.05, 3.63) is 66.7 Å². The van der Waals surface area contributed by atoms with Gasteiger partial charge in [-0.25, -0.2) is 17.5 Å². The molecule has 5 nitrogen and oxygen atoms in total. The van der Waals surface area contributed by atoms with Crippen molar-refractivity contribution < 1.29 is 12.8 Å². The van der Waals surface area contributed by atoms with Crippen molar-refractivity contribution >= 4 is 15.7 Å². The average Bonchev–Trinajstić information content (AvgIpc) is 2.96. The molecule has 0 saturated heterocycles. The van der Waals surface area contributed by atoms with Crippen molar-refractivity contribution in [3.8, 4) is 16.8 Å². The zero-order valence-electron chi connectivity index (χ0n) is 12.3. The largest absolute Gasteiger partial charge is 0.284 e. The highest BCUT2D eigenvalue weighted by Crippen LogP contribution is 2.23. The summed E-state index contributed by atoms with van der Waals surface area (Å²) >= 11 is 0. The molecule has 1 aromatic heterocycles. The van der Waals surface area contributed by atoms with Gasteiger partial charge in [-0.2, -0.15) is 5.10 Å². The molecule has 7 heteroatoms. The van der Waals surface area contributed by atoms with E-state index in [2.05, 4.69) is 9.82 Å². The van der Waals surface area contributed by atoms with Crippen molar-refractivity contribution in [1.82, 2.24) is 9.78 Å². The second-order valence-electron chi connectivity index (χ2n) is 5.11. The van der Waals surface area contributed by atoms with E-state index in [0.29, 0.717) is 5.69 Å². The van der Waals surface area contributed by atoms with Crippen molar-refractivity contribution in [3.63, 3.8) is 0 Å². The molecular formula is C16H14FN3O2S. The van der Waals surface area contributed by atoms with Crippen molar-refractivity contribution in [2.24, 2.45) is 0 Å². The maximum atomic E-state index is 13.0. The monoisotopic (exact) mass is 331 g/mol. The summed E-state index contributed by atoms with van der Waals surface area (Å²) in [5.41, 5.74) is 2.88. The quantitative estimate of drug-likeness (QED) is 0.799. The van der Waals surface area contributed by atoms with Gasteiger partial charge in [-0.15, -0.1) is 0 Å². The number of hydrogen-bond donors (Lipinski definition) is 1. The molecule has 23 heavy (non-hydrogen) atoms. The van der Waals surface area contributed by atoms with Gasteiger partial charge in [0.25, 0.3) is 0 Å². The first-order chi connectivity index (χ1) is 10.9. The molecule has 0 radical (unpaired) electrons. The standard InChI is InChI=1S/C16H14FN3O2S/c1-23(21,22)19-15-4-2-3-12(9-15)13-10-18-20(11-13)16-7-5-14(17)6-8-16/h2-11,19H,1H3. The van der Waals surface area contributed by atoms with E-state index in [1.165, 1.54) is 12.1 Å². The maximum absolute atomic E-state index is 13.0. The van der Waals surface area contributed by atoms with E-state index in [9.17, 15) is 12.8 Å². The van der Waals surface area contributed by atoms with Gasteiger partial charge in [0.15, 0.2) is 0 Å². The Hall–Kier alpha value is -2.67. The summed E-state index contributed by atoms with van der Waals surface area (Å²) in [5.74, 6) is -0.305. The Kier molecular flexibility index (Phi) is 3.87. The van der Waals surface area contributed by atoms with Crippen molar-refractivity contribution in [2.75, 3.05) is 11.0 Å². The van der Waals surface area contributed by atoms with Crippen LogP contribution in [0.15, 0.2) is 60.9 Å². The zero-order chi connectivity index (χ0) is 16.4. The molecule has 3 rings (SSSR count). The van der Waals surface area contributed by atoms with Gasteiger partial charge in [-0.3, -0.25) is 4.72 Å². The van der Waals surface area contributed by atoms with Gasteiger partial charge >= 0.3 is 0 Å². The first-order valence-corrected chi connectivity index (χ1v) is 8.69. The summed E-state index contributed by atoms with van der Waals surface area (Å²) in [7, 11) is -3.32. The maximum Gasteiger partial charge on any atom is 0.229 e. The van der Waals surface area contributed by atoms with Gasteiger partial charge in [-0.05, 0) is 42.0 Å². The Morgan fingerprint density at radius 3 is 2.52 bits per heavy atom. The molecular weight excluding hydrogens is 317 g/mol. The lowest BCUT2D eigenvalue weighted by atomic mass is 10.1. The molecule has 0 atom stereocenters. The summed E-state index contributed by atoms with van der Waals surface area (Å²) in [4.78, 5) is 0. The number of nitrogens with one attached hydrogen (secondary N) is 1. The van der Waals surface area contributed by atoms with Crippen LogP contribution >= 0.6 is 0 Å². The Labute approximate surface area is 133 Å². The van der Waals surface area contributed by atoms with E-state index in [1.54, 1.807) is 47.4 Å². The molecule has 118 valence electrons. The second-order valence-corrected chi connectivity index (χ2v) is 6.85. The fourth-order valence-corrected chi connectivity index (χ4v) is 2.74. The summed E-state index contributed by atoms with van der Waals surface area (Å²) in [6, 6.07) is 13.0. The van der Waals surface area contributed by atoms with Crippen molar-refractivity contribution in [2.45, 2.75) is 0 Å². The minimum Gasteiger partial charge on any atom is -0.284 e. The number of sulfonamides is 1. The van der Waals surface area contributed by atoms with Crippen LogP contribution in [0.2, 0.25) is 0 Å². The molecule has 0 bridgehead atoms. The number of anilines is 1. The number of halogens is 1. The molecule has 1 heterocycles. The van der Waals surface area contributed by atoms with E-state index in [1.807, 2.05) is 6.07 Å². The van der Waals surface area contributed by atoms with E-state index < -0.39 is 10.0 Å². The Morgan fingerprint density at radius 1 is 1.09 bits per heavy atom. The molecule has 0 spiro atoms. The lowest BCUT2D eigenvalue weighted by Crippen LogP contribution is -2.09. The topological polar surface area (TPSA) is 64.0 Å². The first kappa shape index (κ1) is 15.2. The van der Waals surface area contributed by atoms with Crippen LogP contribution < -0.4 is 4.72 Å². The van der Waals surface area contributed by atoms with E-state index >= 15 is 0 Å². The third-order valence-corrected chi connectivity index (χ3v) is 3.78. The smallest absolute Gasteiger partial charge is 0.229 e. The number of aromatic nitrogens is 2. The molecule has 0 saturated carbocycles. The van der Waals surface area contributed by atoms with Crippen LogP contribution in [0.25, 0.3) is 16.8 Å². The molecule has 2 aromatic carbocycles. The van der Waals surface area contributed by atoms with Gasteiger partial charge in [0, 0.05) is 17.4 Å². The number of rotatable bonds is 4. The predicted molar refractivity (Wildman–Crippen MR) is 87.4 cm³/mol. The highest BCUT2D eigenvalue weighted by atomic mass is 32.2. The number of hydrogen-bond acceptors (Lipinski definition) is 3. The average molecular weight is 331 g/mol. The molecule has 1 N–H and O–H groups in total. The Balaban J connectivity index is 1.91. The number of benzene rings is 2. The fraction of sp³-hybridized carbons (Fsp3) is 0.0625. The van der Waals surface area contributed by atoms with Crippen LogP contribution in [0.4, 0.5) is 10.1 Å². The molecule has 0 aliphatic rings. The lowest BCUT2D eigenvalue weighted by Gasteiger charge is -2.05. The summed E-state index contributed by atoms with van der Waals surface area (Å²) in [5, 5.41) is 4.25. The van der Waals surface area contributed by atoms with E-state index in [0.717, 1.165) is 23.1 Å². The van der Waals surface area contributed by atoms with Crippen LogP contribution in [0.1, 0.15) is 0 Å². The first-order valence-electron chi connectivity index (χ1n) is 6.79. The molecule has 3 aromatic rings. The van der Waals surface area contributed by atoms with E-state index in [4.69, 9.17) is 0 Å². The van der Waals surface area contributed by atoms with Crippen LogP contribution in [-0.2, 0) is 10.0 Å². The molecule has 0 amide bonds. The summed E-state index contributed by atoms with van der Waals surface area (Å²) < 4.78 is 39.7. The molecule has 0 aliphatic carbocycles. The van der Waals surface area contributed by atoms with Crippen LogP contribution in [0.3, 0.4) is 0 Å². The highest BCUT2D eigenvalue weighted by Gasteiger charge is 2.06. The minimum atomic E-state index is -3.32. The van der Waals surface area contributed by atoms with Crippen molar-refractivity contribution in [1.29, 1.82) is 0 Å².